The maximum absolute atomic E-state index is 13.0. The van der Waals surface area contributed by atoms with E-state index in [-0.39, 0.29) is 18.2 Å². The van der Waals surface area contributed by atoms with Crippen molar-refractivity contribution in [2.45, 2.75) is 46.2 Å². The molecule has 0 spiro atoms. The van der Waals surface area contributed by atoms with Gasteiger partial charge in [-0.1, -0.05) is 60.5 Å². The van der Waals surface area contributed by atoms with Crippen molar-refractivity contribution >= 4 is 23.4 Å². The van der Waals surface area contributed by atoms with E-state index in [9.17, 15) is 9.59 Å². The first kappa shape index (κ1) is 21.0. The van der Waals surface area contributed by atoms with Crippen LogP contribution < -0.4 is 5.32 Å². The number of benzene rings is 2. The van der Waals surface area contributed by atoms with E-state index < -0.39 is 6.04 Å². The Bertz CT molecular complexity index is 774. The molecule has 0 bridgehead atoms. The van der Waals surface area contributed by atoms with Crippen LogP contribution in [0.15, 0.2) is 48.5 Å². The van der Waals surface area contributed by atoms with E-state index >= 15 is 0 Å². The molecule has 0 aliphatic carbocycles. The number of amides is 2. The fourth-order valence-corrected chi connectivity index (χ4v) is 2.99. The van der Waals surface area contributed by atoms with Crippen LogP contribution in [0.25, 0.3) is 0 Å². The normalized spacial score (nSPS) is 11.7. The van der Waals surface area contributed by atoms with E-state index in [0.29, 0.717) is 18.1 Å². The maximum Gasteiger partial charge on any atom is 0.242 e. The Balaban J connectivity index is 2.20. The van der Waals surface area contributed by atoms with Crippen LogP contribution in [-0.4, -0.2) is 29.3 Å². The highest BCUT2D eigenvalue weighted by Crippen LogP contribution is 2.15. The highest BCUT2D eigenvalue weighted by Gasteiger charge is 2.26. The summed E-state index contributed by atoms with van der Waals surface area (Å²) in [7, 11) is 0. The Morgan fingerprint density at radius 2 is 1.81 bits per heavy atom. The molecule has 0 aliphatic rings. The molecule has 1 atom stereocenters. The molecule has 144 valence electrons. The minimum atomic E-state index is -0.551. The molecule has 0 saturated carbocycles. The summed E-state index contributed by atoms with van der Waals surface area (Å²) in [4.78, 5) is 27.1. The quantitative estimate of drug-likeness (QED) is 0.741. The van der Waals surface area contributed by atoms with Gasteiger partial charge in [0.05, 0.1) is 6.42 Å². The first-order valence-corrected chi connectivity index (χ1v) is 9.65. The monoisotopic (exact) mass is 386 g/mol. The number of aryl methyl sites for hydroxylation is 1. The van der Waals surface area contributed by atoms with Gasteiger partial charge in [0.25, 0.3) is 0 Å². The predicted octanol–water partition coefficient (Wildman–Crippen LogP) is 4.13. The second-order valence-electron chi connectivity index (χ2n) is 6.78. The first-order valence-electron chi connectivity index (χ1n) is 9.28. The van der Waals surface area contributed by atoms with Crippen LogP contribution in [0.2, 0.25) is 5.02 Å². The van der Waals surface area contributed by atoms with Gasteiger partial charge in [-0.15, -0.1) is 0 Å². The summed E-state index contributed by atoms with van der Waals surface area (Å²) in [6, 6.07) is 14.7. The van der Waals surface area contributed by atoms with Crippen molar-refractivity contribution in [3.05, 3.63) is 70.2 Å². The molecule has 2 amide bonds. The zero-order valence-electron chi connectivity index (χ0n) is 16.2. The molecule has 0 radical (unpaired) electrons. The van der Waals surface area contributed by atoms with Crippen LogP contribution in [0.1, 0.15) is 37.0 Å². The molecule has 0 aliphatic heterocycles. The van der Waals surface area contributed by atoms with Gasteiger partial charge in [-0.25, -0.2) is 0 Å². The SMILES string of the molecule is CCCNC(=O)[C@@H](C)N(Cc1ccc(Cl)cc1)C(=O)Cc1cccc(C)c1. The van der Waals surface area contributed by atoms with Gasteiger partial charge in [0, 0.05) is 18.1 Å². The van der Waals surface area contributed by atoms with Crippen molar-refractivity contribution in [1.29, 1.82) is 0 Å². The number of hydrogen-bond donors (Lipinski definition) is 1. The van der Waals surface area contributed by atoms with Gasteiger partial charge in [0.1, 0.15) is 6.04 Å². The number of halogens is 1. The minimum absolute atomic E-state index is 0.0744. The summed E-state index contributed by atoms with van der Waals surface area (Å²) in [5.41, 5.74) is 2.99. The summed E-state index contributed by atoms with van der Waals surface area (Å²) < 4.78 is 0. The number of rotatable bonds is 8. The molecule has 4 nitrogen and oxygen atoms in total. The smallest absolute Gasteiger partial charge is 0.242 e. The van der Waals surface area contributed by atoms with Crippen molar-refractivity contribution in [1.82, 2.24) is 10.2 Å². The van der Waals surface area contributed by atoms with Crippen LogP contribution in [0.4, 0.5) is 0 Å². The lowest BCUT2D eigenvalue weighted by atomic mass is 10.1. The molecule has 2 aromatic rings. The summed E-state index contributed by atoms with van der Waals surface area (Å²) >= 11 is 5.96. The lowest BCUT2D eigenvalue weighted by Crippen LogP contribution is -2.48. The van der Waals surface area contributed by atoms with Crippen LogP contribution in [0, 0.1) is 6.92 Å². The molecule has 0 heterocycles. The Hall–Kier alpha value is -2.33. The third-order valence-electron chi connectivity index (χ3n) is 4.42. The van der Waals surface area contributed by atoms with Crippen molar-refractivity contribution in [3.8, 4) is 0 Å². The molecule has 27 heavy (non-hydrogen) atoms. The summed E-state index contributed by atoms with van der Waals surface area (Å²) in [6.07, 6.45) is 1.12. The number of nitrogens with zero attached hydrogens (tertiary/aromatic N) is 1. The molecule has 2 aromatic carbocycles. The van der Waals surface area contributed by atoms with Crippen molar-refractivity contribution in [2.24, 2.45) is 0 Å². The Morgan fingerprint density at radius 1 is 1.11 bits per heavy atom. The standard InChI is InChI=1S/C22H27ClN2O2/c1-4-12-24-22(27)17(3)25(15-18-8-10-20(23)11-9-18)21(26)14-19-7-5-6-16(2)13-19/h5-11,13,17H,4,12,14-15H2,1-3H3,(H,24,27)/t17-/m1/s1. The topological polar surface area (TPSA) is 49.4 Å². The minimum Gasteiger partial charge on any atom is -0.354 e. The average Bonchev–Trinajstić information content (AvgIpc) is 2.65. The largest absolute Gasteiger partial charge is 0.354 e. The van der Waals surface area contributed by atoms with E-state index in [1.165, 1.54) is 0 Å². The number of hydrogen-bond acceptors (Lipinski definition) is 2. The molecule has 0 saturated heterocycles. The summed E-state index contributed by atoms with van der Waals surface area (Å²) in [5.74, 6) is -0.210. The van der Waals surface area contributed by atoms with Gasteiger partial charge < -0.3 is 10.2 Å². The molecule has 0 unspecified atom stereocenters. The Morgan fingerprint density at radius 3 is 2.44 bits per heavy atom. The average molecular weight is 387 g/mol. The molecular weight excluding hydrogens is 360 g/mol. The van der Waals surface area contributed by atoms with Crippen LogP contribution in [0.3, 0.4) is 0 Å². The highest BCUT2D eigenvalue weighted by molar-refractivity contribution is 6.30. The van der Waals surface area contributed by atoms with Gasteiger partial charge in [-0.3, -0.25) is 9.59 Å². The molecule has 0 fully saturated rings. The number of nitrogens with one attached hydrogen (secondary N) is 1. The second kappa shape index (κ2) is 10.1. The Kier molecular flexibility index (Phi) is 7.86. The molecule has 1 N–H and O–H groups in total. The van der Waals surface area contributed by atoms with E-state index in [4.69, 9.17) is 11.6 Å². The van der Waals surface area contributed by atoms with Crippen LogP contribution in [-0.2, 0) is 22.6 Å². The van der Waals surface area contributed by atoms with E-state index in [1.807, 2.05) is 50.2 Å². The van der Waals surface area contributed by atoms with E-state index in [2.05, 4.69) is 5.32 Å². The fraction of sp³-hybridized carbons (Fsp3) is 0.364. The zero-order chi connectivity index (χ0) is 19.8. The van der Waals surface area contributed by atoms with Gasteiger partial charge in [-0.05, 0) is 43.5 Å². The fourth-order valence-electron chi connectivity index (χ4n) is 2.86. The summed E-state index contributed by atoms with van der Waals surface area (Å²) in [5, 5.41) is 3.53. The van der Waals surface area contributed by atoms with E-state index in [1.54, 1.807) is 24.0 Å². The third-order valence-corrected chi connectivity index (χ3v) is 4.67. The lowest BCUT2D eigenvalue weighted by Gasteiger charge is -2.29. The maximum atomic E-state index is 13.0. The predicted molar refractivity (Wildman–Crippen MR) is 110 cm³/mol. The second-order valence-corrected chi connectivity index (χ2v) is 7.22. The molecule has 5 heteroatoms. The number of carbonyl (C=O) groups excluding carboxylic acids is 2. The number of carbonyl (C=O) groups is 2. The summed E-state index contributed by atoms with van der Waals surface area (Å²) in [6.45, 7) is 6.74. The molecular formula is C22H27ClN2O2. The molecule has 2 rings (SSSR count). The van der Waals surface area contributed by atoms with Crippen LogP contribution in [0.5, 0.6) is 0 Å². The highest BCUT2D eigenvalue weighted by atomic mass is 35.5. The van der Waals surface area contributed by atoms with E-state index in [0.717, 1.165) is 23.1 Å². The van der Waals surface area contributed by atoms with Crippen LogP contribution >= 0.6 is 11.6 Å². The van der Waals surface area contributed by atoms with Crippen molar-refractivity contribution < 1.29 is 9.59 Å². The zero-order valence-corrected chi connectivity index (χ0v) is 16.9. The lowest BCUT2D eigenvalue weighted by molar-refractivity contribution is -0.140. The van der Waals surface area contributed by atoms with Gasteiger partial charge in [0.15, 0.2) is 0 Å². The van der Waals surface area contributed by atoms with Crippen molar-refractivity contribution in [2.75, 3.05) is 6.54 Å². The Labute approximate surface area is 166 Å². The van der Waals surface area contributed by atoms with Crippen molar-refractivity contribution in [3.63, 3.8) is 0 Å². The third kappa shape index (κ3) is 6.40. The van der Waals surface area contributed by atoms with Gasteiger partial charge in [0.2, 0.25) is 11.8 Å². The van der Waals surface area contributed by atoms with Gasteiger partial charge in [-0.2, -0.15) is 0 Å². The molecule has 0 aromatic heterocycles. The first-order chi connectivity index (χ1) is 12.9. The van der Waals surface area contributed by atoms with Gasteiger partial charge >= 0.3 is 0 Å².